The number of rotatable bonds is 14. The number of carbonyl (C=O) groups is 4. The Morgan fingerprint density at radius 2 is 1.58 bits per heavy atom. The summed E-state index contributed by atoms with van der Waals surface area (Å²) in [5, 5.41) is 18.8. The third-order valence-corrected chi connectivity index (χ3v) is 12.0. The third kappa shape index (κ3) is 10.3. The van der Waals surface area contributed by atoms with E-state index in [2.05, 4.69) is 41.9 Å². The molecule has 4 aromatic rings. The number of aliphatic carboxylic acids is 1. The van der Waals surface area contributed by atoms with Crippen molar-refractivity contribution >= 4 is 36.8 Å². The molecular weight excluding hydrogens is 813 g/mol. The summed E-state index contributed by atoms with van der Waals surface area (Å²) < 4.78 is 12.2. The van der Waals surface area contributed by atoms with Gasteiger partial charge >= 0.3 is 274 Å². The van der Waals surface area contributed by atoms with Crippen LogP contribution < -0.4 is 42.6 Å². The number of carboxylic acids is 1. The first-order valence-electron chi connectivity index (χ1n) is 21.6. The van der Waals surface area contributed by atoms with E-state index in [0.29, 0.717) is 51.0 Å². The number of nitrogens with zero attached hydrogens (tertiary/aromatic N) is 3. The van der Waals surface area contributed by atoms with Crippen molar-refractivity contribution < 1.29 is 33.8 Å². The Balaban J connectivity index is 1.38. The van der Waals surface area contributed by atoms with E-state index in [1.54, 1.807) is 57.2 Å². The van der Waals surface area contributed by atoms with Gasteiger partial charge in [0.25, 0.3) is 0 Å². The summed E-state index contributed by atoms with van der Waals surface area (Å²) in [4.78, 5) is 66.7. The number of nitrogens with two attached hydrogens (primary N) is 3. The van der Waals surface area contributed by atoms with E-state index >= 15 is 0 Å². The minimum atomic E-state index is -1.32. The van der Waals surface area contributed by atoms with E-state index in [-0.39, 0.29) is 62.3 Å². The first-order valence-corrected chi connectivity index (χ1v) is 21.6. The summed E-state index contributed by atoms with van der Waals surface area (Å²) in [6, 6.07) is 12.0. The molecule has 3 aromatic carbocycles. The van der Waals surface area contributed by atoms with E-state index in [4.69, 9.17) is 44.1 Å². The van der Waals surface area contributed by atoms with Crippen LogP contribution in [0.25, 0.3) is 22.5 Å². The first-order chi connectivity index (χ1) is 30.5. The molecular formula is C47H59BN9O7. The molecule has 4 bridgehead atoms. The number of likely N-dealkylation sites (N-methyl/N-ethyl adjacent to an activating group) is 1. The molecule has 2 heterocycles. The summed E-state index contributed by atoms with van der Waals surface area (Å²) in [6.45, 7) is 10.3. The molecule has 1 aliphatic heterocycles. The normalized spacial score (nSPS) is 18.4. The predicted octanol–water partition coefficient (Wildman–Crippen LogP) is 2.38. The zero-order valence-corrected chi connectivity index (χ0v) is 37.4. The molecule has 2 aliphatic rings. The fourth-order valence-corrected chi connectivity index (χ4v) is 8.50. The van der Waals surface area contributed by atoms with Crippen LogP contribution in [0, 0.1) is 13.8 Å². The molecule has 0 spiro atoms. The minimum absolute atomic E-state index is 0.00717. The molecule has 0 fully saturated rings. The predicted molar refractivity (Wildman–Crippen MR) is 246 cm³/mol. The molecule has 17 heteroatoms. The van der Waals surface area contributed by atoms with Gasteiger partial charge in [0, 0.05) is 5.56 Å². The number of carbonyl (C=O) groups excluding carboxylic acids is 3. The fraction of sp³-hybridized carbons (Fsp3) is 0.426. The van der Waals surface area contributed by atoms with Crippen molar-refractivity contribution in [2.75, 3.05) is 39.9 Å². The van der Waals surface area contributed by atoms with Crippen molar-refractivity contribution in [1.29, 1.82) is 0 Å². The van der Waals surface area contributed by atoms with Gasteiger partial charge in [0.2, 0.25) is 0 Å². The molecule has 2 unspecified atom stereocenters. The van der Waals surface area contributed by atoms with Crippen molar-refractivity contribution in [3.05, 3.63) is 93.8 Å². The Morgan fingerprint density at radius 3 is 2.20 bits per heavy atom. The Hall–Kier alpha value is -6.17. The number of hydrogen-bond donors (Lipinski definition) is 7. The van der Waals surface area contributed by atoms with Gasteiger partial charge in [0.1, 0.15) is 0 Å². The molecule has 3 amide bonds. The second-order valence-corrected chi connectivity index (χ2v) is 17.1. The van der Waals surface area contributed by atoms with Crippen LogP contribution in [0.1, 0.15) is 83.7 Å². The average Bonchev–Trinajstić information content (AvgIpc) is 3.56. The number of ether oxygens (including phenoxy) is 2. The van der Waals surface area contributed by atoms with Crippen LogP contribution in [-0.4, -0.2) is 115 Å². The number of aromatic nitrogens is 2. The fourth-order valence-electron chi connectivity index (χ4n) is 8.50. The Kier molecular flexibility index (Phi) is 14.9. The second-order valence-electron chi connectivity index (χ2n) is 17.1. The van der Waals surface area contributed by atoms with Gasteiger partial charge < -0.3 is 5.73 Å². The standard InChI is InChI=1S/C47H59BN9O7/c1-25-39(26(2)53-42(52-25)31-8-10-34-29(23-31)13-15-47(34,4)5)43(58)56-35(14-16-49)45(60)57(6)40-30-9-12-38(64-20-18-51)33(24-30)32-21-28(7-11-37(32)63-19-17-50)22-36(46(61)62)55-41(48)27(3)54-44(40)59/h7-12,21,23-24,27,35-36,40,55H,13-20,22,49-51H2,1-6H3,(H,54,59)(H,56,58)(H,61,62)/t27-,35-,36?,40?/m0/s1. The second kappa shape index (κ2) is 20.1. The molecule has 10 N–H and O–H groups in total. The van der Waals surface area contributed by atoms with Crippen LogP contribution in [-0.2, 0) is 32.6 Å². The summed E-state index contributed by atoms with van der Waals surface area (Å²) in [5.41, 5.74) is 24.3. The first kappa shape index (κ1) is 47.3. The van der Waals surface area contributed by atoms with Gasteiger partial charge in [0.15, 0.2) is 5.82 Å². The summed E-state index contributed by atoms with van der Waals surface area (Å²) in [7, 11) is 7.86. The van der Waals surface area contributed by atoms with Crippen molar-refractivity contribution in [2.45, 2.75) is 89.9 Å². The van der Waals surface area contributed by atoms with Crippen molar-refractivity contribution in [1.82, 2.24) is 30.8 Å². The summed E-state index contributed by atoms with van der Waals surface area (Å²) >= 11 is 0. The molecule has 16 nitrogen and oxygen atoms in total. The van der Waals surface area contributed by atoms with Gasteiger partial charge in [-0.15, -0.1) is 0 Å². The SMILES string of the molecule is [B]=C1NC(C(=O)O)Cc2ccc(OCCN)c(c2)-c2cc(ccc2OCCN)C(N(C)C(=O)[C@H](CCN)NC(=O)c2c(C)nc(-c3ccc4c(c3)CCC4(C)C)nc2C)C(=O)N[C@H]1C. The van der Waals surface area contributed by atoms with E-state index in [0.717, 1.165) is 18.4 Å². The Morgan fingerprint density at radius 1 is 0.938 bits per heavy atom. The monoisotopic (exact) mass is 872 g/mol. The van der Waals surface area contributed by atoms with E-state index in [1.807, 2.05) is 6.07 Å². The summed E-state index contributed by atoms with van der Waals surface area (Å²) in [5.74, 6) is -1.67. The van der Waals surface area contributed by atoms with E-state index in [9.17, 15) is 24.3 Å². The molecule has 4 atom stereocenters. The van der Waals surface area contributed by atoms with Crippen LogP contribution >= 0.6 is 0 Å². The van der Waals surface area contributed by atoms with E-state index in [1.165, 1.54) is 23.1 Å². The van der Waals surface area contributed by atoms with Gasteiger partial charge in [-0.2, -0.15) is 0 Å². The van der Waals surface area contributed by atoms with Gasteiger partial charge in [-0.25, -0.2) is 9.97 Å². The molecule has 1 aromatic heterocycles. The van der Waals surface area contributed by atoms with Crippen molar-refractivity contribution in [3.63, 3.8) is 0 Å². The van der Waals surface area contributed by atoms with Crippen LogP contribution in [0.3, 0.4) is 0 Å². The van der Waals surface area contributed by atoms with Crippen molar-refractivity contribution in [2.24, 2.45) is 17.2 Å². The maximum absolute atomic E-state index is 14.7. The number of hydrogen-bond acceptors (Lipinski definition) is 12. The number of benzene rings is 3. The number of carboxylic acid groups (broad SMARTS) is 1. The third-order valence-electron chi connectivity index (χ3n) is 12.0. The molecule has 1 radical (unpaired) electrons. The average molecular weight is 873 g/mol. The Labute approximate surface area is 375 Å². The molecule has 0 saturated heterocycles. The molecule has 64 heavy (non-hydrogen) atoms. The zero-order chi connectivity index (χ0) is 46.5. The van der Waals surface area contributed by atoms with Crippen LogP contribution in [0.2, 0.25) is 0 Å². The number of nitrogens with one attached hydrogen (secondary N) is 3. The van der Waals surface area contributed by atoms with Crippen LogP contribution in [0.5, 0.6) is 11.5 Å². The quantitative estimate of drug-likeness (QED) is 0.0901. The summed E-state index contributed by atoms with van der Waals surface area (Å²) in [6.07, 6.45) is 2.09. The molecule has 0 saturated carbocycles. The zero-order valence-electron chi connectivity index (χ0n) is 37.4. The molecule has 337 valence electrons. The number of amides is 3. The van der Waals surface area contributed by atoms with Crippen molar-refractivity contribution in [3.8, 4) is 34.0 Å². The Bertz CT molecular complexity index is 2420. The number of aryl methyl sites for hydroxylation is 3. The maximum atomic E-state index is 14.7. The van der Waals surface area contributed by atoms with Gasteiger partial charge in [-0.3, -0.25) is 0 Å². The number of fused-ring (bicyclic) bond motifs is 6. The van der Waals surface area contributed by atoms with E-state index < -0.39 is 47.9 Å². The van der Waals surface area contributed by atoms with Gasteiger partial charge in [-0.1, -0.05) is 26.0 Å². The van der Waals surface area contributed by atoms with Crippen LogP contribution in [0.4, 0.5) is 0 Å². The topological polar surface area (TPSA) is 250 Å². The molecule has 1 aliphatic carbocycles. The molecule has 6 rings (SSSR count). The van der Waals surface area contributed by atoms with Gasteiger partial charge in [0.05, 0.1) is 0 Å². The van der Waals surface area contributed by atoms with Gasteiger partial charge in [-0.05, 0) is 49.3 Å². The van der Waals surface area contributed by atoms with Crippen LogP contribution in [0.15, 0.2) is 54.6 Å².